The molecule has 0 aromatic heterocycles. The Morgan fingerprint density at radius 1 is 0.313 bits per heavy atom. The van der Waals surface area contributed by atoms with E-state index in [1.54, 1.807) is 0 Å². The van der Waals surface area contributed by atoms with Gasteiger partial charge in [-0.3, -0.25) is 14.4 Å². The smallest absolute Gasteiger partial charge is 0.306 e. The first kappa shape index (κ1) is 64.1. The van der Waals surface area contributed by atoms with Crippen molar-refractivity contribution < 1.29 is 28.6 Å². The number of carbonyl (C=O) groups excluding carboxylic acids is 3. The number of ether oxygens (including phenoxy) is 3. The quantitative estimate of drug-likeness (QED) is 0.0262. The number of hydrogen-bond acceptors (Lipinski definition) is 6. The normalized spacial score (nSPS) is 12.5. The van der Waals surface area contributed by atoms with E-state index in [1.807, 2.05) is 0 Å². The molecule has 0 fully saturated rings. The molecule has 0 radical (unpaired) electrons. The average molecular weight is 938 g/mol. The standard InChI is InChI=1S/C61H108O6/c1-4-7-10-13-16-19-22-24-26-28-29-30-31-33-34-36-39-42-45-48-51-54-60(63)66-57-58(56-65-59(62)53-50-47-44-41-38-21-18-15-12-9-6-3)67-61(64)55-52-49-46-43-40-37-35-32-27-25-23-20-17-14-11-8-5-2/h8,11,15,17-18,20,25,27,35,37,58H,4-7,9-10,12-14,16,19,21-24,26,28-34,36,38-57H2,1-3H3/b11-8-,18-15-,20-17-,27-25-,37-35-/t58-/m1/s1. The second kappa shape index (κ2) is 55.7. The molecule has 0 aliphatic carbocycles. The van der Waals surface area contributed by atoms with Crippen molar-refractivity contribution in [3.8, 4) is 0 Å². The van der Waals surface area contributed by atoms with E-state index >= 15 is 0 Å². The van der Waals surface area contributed by atoms with Gasteiger partial charge in [-0.1, -0.05) is 255 Å². The van der Waals surface area contributed by atoms with Crippen LogP contribution in [0.4, 0.5) is 0 Å². The largest absolute Gasteiger partial charge is 0.462 e. The fourth-order valence-electron chi connectivity index (χ4n) is 8.18. The minimum Gasteiger partial charge on any atom is -0.462 e. The highest BCUT2D eigenvalue weighted by Crippen LogP contribution is 2.16. The van der Waals surface area contributed by atoms with Gasteiger partial charge in [0.1, 0.15) is 13.2 Å². The van der Waals surface area contributed by atoms with Crippen LogP contribution in [0.2, 0.25) is 0 Å². The monoisotopic (exact) mass is 937 g/mol. The lowest BCUT2D eigenvalue weighted by Crippen LogP contribution is -2.30. The fraction of sp³-hybridized carbons (Fsp3) is 0.787. The second-order valence-corrected chi connectivity index (χ2v) is 19.2. The summed E-state index contributed by atoms with van der Waals surface area (Å²) in [4.78, 5) is 38.1. The van der Waals surface area contributed by atoms with E-state index in [0.717, 1.165) is 103 Å². The van der Waals surface area contributed by atoms with Gasteiger partial charge in [-0.25, -0.2) is 0 Å². The molecule has 0 saturated heterocycles. The zero-order chi connectivity index (χ0) is 48.6. The Morgan fingerprint density at radius 3 is 0.970 bits per heavy atom. The number of carbonyl (C=O) groups is 3. The number of hydrogen-bond donors (Lipinski definition) is 0. The third kappa shape index (κ3) is 53.9. The maximum atomic E-state index is 12.8. The molecule has 0 bridgehead atoms. The molecule has 0 N–H and O–H groups in total. The molecule has 6 nitrogen and oxygen atoms in total. The SMILES string of the molecule is CC/C=C\C/C=C\C/C=C\C/C=C\CCCCCCC(=O)O[C@H](COC(=O)CCCCCCC/C=C\CCCC)COC(=O)CCCCCCCCCCCCCCCCCCCCCCC. The van der Waals surface area contributed by atoms with E-state index in [0.29, 0.717) is 19.3 Å². The third-order valence-corrected chi connectivity index (χ3v) is 12.5. The van der Waals surface area contributed by atoms with Crippen molar-refractivity contribution in [3.63, 3.8) is 0 Å². The van der Waals surface area contributed by atoms with Gasteiger partial charge in [0, 0.05) is 19.3 Å². The van der Waals surface area contributed by atoms with Crippen LogP contribution in [-0.4, -0.2) is 37.2 Å². The van der Waals surface area contributed by atoms with Gasteiger partial charge in [-0.15, -0.1) is 0 Å². The molecule has 0 amide bonds. The first-order valence-corrected chi connectivity index (χ1v) is 28.8. The zero-order valence-corrected chi connectivity index (χ0v) is 44.4. The number of allylic oxidation sites excluding steroid dienone is 10. The lowest BCUT2D eigenvalue weighted by molar-refractivity contribution is -0.167. The minimum absolute atomic E-state index is 0.0845. The highest BCUT2D eigenvalue weighted by atomic mass is 16.6. The Kier molecular flexibility index (Phi) is 53.3. The number of esters is 3. The molecule has 0 rings (SSSR count). The van der Waals surface area contributed by atoms with Crippen molar-refractivity contribution in [2.75, 3.05) is 13.2 Å². The van der Waals surface area contributed by atoms with Gasteiger partial charge in [-0.2, -0.15) is 0 Å². The minimum atomic E-state index is -0.788. The zero-order valence-electron chi connectivity index (χ0n) is 44.4. The molecule has 1 atom stereocenters. The Labute approximate surface area is 415 Å². The van der Waals surface area contributed by atoms with Crippen molar-refractivity contribution in [2.45, 2.75) is 297 Å². The maximum Gasteiger partial charge on any atom is 0.306 e. The Morgan fingerprint density at radius 2 is 0.597 bits per heavy atom. The summed E-state index contributed by atoms with van der Waals surface area (Å²) >= 11 is 0. The molecule has 0 aliphatic rings. The number of unbranched alkanes of at least 4 members (excludes halogenated alkanes) is 31. The molecule has 0 aromatic rings. The topological polar surface area (TPSA) is 78.9 Å². The van der Waals surface area contributed by atoms with Gasteiger partial charge < -0.3 is 14.2 Å². The summed E-state index contributed by atoms with van der Waals surface area (Å²) in [6.07, 6.45) is 69.3. The molecular weight excluding hydrogens is 829 g/mol. The first-order valence-electron chi connectivity index (χ1n) is 28.8. The molecule has 0 heterocycles. The van der Waals surface area contributed by atoms with Crippen molar-refractivity contribution in [1.29, 1.82) is 0 Å². The fourth-order valence-corrected chi connectivity index (χ4v) is 8.18. The van der Waals surface area contributed by atoms with Crippen LogP contribution in [0.5, 0.6) is 0 Å². The third-order valence-electron chi connectivity index (χ3n) is 12.5. The van der Waals surface area contributed by atoms with Crippen LogP contribution in [0.3, 0.4) is 0 Å². The van der Waals surface area contributed by atoms with Crippen LogP contribution in [0, 0.1) is 0 Å². The van der Waals surface area contributed by atoms with Crippen LogP contribution in [0.25, 0.3) is 0 Å². The Bertz CT molecular complexity index is 1210. The summed E-state index contributed by atoms with van der Waals surface area (Å²) in [5, 5.41) is 0. The maximum absolute atomic E-state index is 12.8. The summed E-state index contributed by atoms with van der Waals surface area (Å²) in [5.41, 5.74) is 0. The molecular formula is C61H108O6. The second-order valence-electron chi connectivity index (χ2n) is 19.2. The average Bonchev–Trinajstić information content (AvgIpc) is 3.33. The van der Waals surface area contributed by atoms with E-state index in [1.165, 1.54) is 148 Å². The van der Waals surface area contributed by atoms with Gasteiger partial charge in [0.25, 0.3) is 0 Å². The predicted octanol–water partition coefficient (Wildman–Crippen LogP) is 19.2. The van der Waals surface area contributed by atoms with Crippen LogP contribution in [0.15, 0.2) is 60.8 Å². The molecule has 0 spiro atoms. The van der Waals surface area contributed by atoms with Crippen molar-refractivity contribution >= 4 is 17.9 Å². The number of rotatable bonds is 52. The first-order chi connectivity index (χ1) is 33.0. The molecule has 6 heteroatoms. The highest BCUT2D eigenvalue weighted by molar-refractivity contribution is 5.71. The van der Waals surface area contributed by atoms with Crippen LogP contribution in [-0.2, 0) is 28.6 Å². The summed E-state index contributed by atoms with van der Waals surface area (Å²) in [6.45, 7) is 6.49. The van der Waals surface area contributed by atoms with E-state index in [9.17, 15) is 14.4 Å². The van der Waals surface area contributed by atoms with E-state index in [4.69, 9.17) is 14.2 Å². The van der Waals surface area contributed by atoms with E-state index in [2.05, 4.69) is 81.5 Å². The molecule has 0 saturated carbocycles. The lowest BCUT2D eigenvalue weighted by Gasteiger charge is -2.18. The van der Waals surface area contributed by atoms with E-state index in [-0.39, 0.29) is 31.1 Å². The molecule has 0 unspecified atom stereocenters. The van der Waals surface area contributed by atoms with Crippen molar-refractivity contribution in [3.05, 3.63) is 60.8 Å². The molecule has 388 valence electrons. The predicted molar refractivity (Wildman–Crippen MR) is 288 cm³/mol. The van der Waals surface area contributed by atoms with Gasteiger partial charge in [0.15, 0.2) is 6.10 Å². The van der Waals surface area contributed by atoms with Crippen LogP contribution in [0.1, 0.15) is 290 Å². The van der Waals surface area contributed by atoms with Crippen LogP contribution < -0.4 is 0 Å². The molecule has 0 aliphatic heterocycles. The van der Waals surface area contributed by atoms with Crippen LogP contribution >= 0.6 is 0 Å². The summed E-state index contributed by atoms with van der Waals surface area (Å²) in [7, 11) is 0. The Balaban J connectivity index is 4.32. The van der Waals surface area contributed by atoms with Gasteiger partial charge in [0.05, 0.1) is 0 Å². The molecule has 0 aromatic carbocycles. The summed E-state index contributed by atoms with van der Waals surface area (Å²) in [5.74, 6) is -0.908. The lowest BCUT2D eigenvalue weighted by atomic mass is 10.0. The summed E-state index contributed by atoms with van der Waals surface area (Å²) < 4.78 is 16.8. The molecule has 67 heavy (non-hydrogen) atoms. The van der Waals surface area contributed by atoms with E-state index < -0.39 is 6.10 Å². The highest BCUT2D eigenvalue weighted by Gasteiger charge is 2.19. The van der Waals surface area contributed by atoms with Gasteiger partial charge >= 0.3 is 17.9 Å². The van der Waals surface area contributed by atoms with Crippen molar-refractivity contribution in [1.82, 2.24) is 0 Å². The van der Waals surface area contributed by atoms with Gasteiger partial charge in [0.2, 0.25) is 0 Å². The van der Waals surface area contributed by atoms with Gasteiger partial charge in [-0.05, 0) is 77.0 Å². The van der Waals surface area contributed by atoms with Crippen molar-refractivity contribution in [2.24, 2.45) is 0 Å². The Hall–Kier alpha value is -2.89. The summed E-state index contributed by atoms with van der Waals surface area (Å²) in [6, 6.07) is 0.